The molecule has 1 atom stereocenters. The third-order valence-electron chi connectivity index (χ3n) is 2.29. The Bertz CT molecular complexity index is 199. The second-order valence-electron chi connectivity index (χ2n) is 4.46. The van der Waals surface area contributed by atoms with Gasteiger partial charge in [-0.1, -0.05) is 5.92 Å². The molecule has 0 aromatic rings. The first-order valence-corrected chi connectivity index (χ1v) is 5.17. The molecule has 1 N–H and O–H groups in total. The molecule has 0 spiro atoms. The van der Waals surface area contributed by atoms with Crippen molar-refractivity contribution in [3.05, 3.63) is 0 Å². The smallest absolute Gasteiger partial charge is 0.122 e. The van der Waals surface area contributed by atoms with Crippen LogP contribution in [-0.2, 0) is 4.74 Å². The predicted octanol–water partition coefficient (Wildman–Crippen LogP) is 2.36. The number of rotatable bonds is 6. The third-order valence-corrected chi connectivity index (χ3v) is 2.29. The Morgan fingerprint density at radius 3 is 2.29 bits per heavy atom. The lowest BCUT2D eigenvalue weighted by molar-refractivity contribution is -0.0209. The maximum atomic E-state index is 9.57. The molecule has 0 amide bonds. The molecular formula is C12H22O2. The molecule has 14 heavy (non-hydrogen) atoms. The van der Waals surface area contributed by atoms with Crippen LogP contribution in [0.2, 0.25) is 0 Å². The van der Waals surface area contributed by atoms with Gasteiger partial charge < -0.3 is 9.84 Å². The summed E-state index contributed by atoms with van der Waals surface area (Å²) in [5, 5.41) is 9.57. The normalized spacial score (nSPS) is 16.0. The van der Waals surface area contributed by atoms with Crippen LogP contribution in [0.25, 0.3) is 0 Å². The number of hydrogen-bond acceptors (Lipinski definition) is 2. The van der Waals surface area contributed by atoms with E-state index in [1.54, 1.807) is 6.92 Å². The second kappa shape index (κ2) is 5.38. The Balaban J connectivity index is 3.80. The zero-order valence-electron chi connectivity index (χ0n) is 9.76. The molecular weight excluding hydrogens is 176 g/mol. The molecule has 0 heterocycles. The minimum absolute atomic E-state index is 0.112. The predicted molar refractivity (Wildman–Crippen MR) is 59.0 cm³/mol. The molecule has 0 saturated carbocycles. The number of aliphatic hydroxyl groups is 1. The summed E-state index contributed by atoms with van der Waals surface area (Å²) < 4.78 is 5.54. The summed E-state index contributed by atoms with van der Waals surface area (Å²) in [6, 6.07) is 0. The Kier molecular flexibility index (Phi) is 5.18. The van der Waals surface area contributed by atoms with Crippen LogP contribution in [-0.4, -0.2) is 22.9 Å². The minimum Gasteiger partial charge on any atom is -0.378 e. The molecule has 0 radical (unpaired) electrons. The van der Waals surface area contributed by atoms with Gasteiger partial charge in [-0.05, 0) is 47.0 Å². The van der Waals surface area contributed by atoms with E-state index in [1.807, 2.05) is 6.92 Å². The van der Waals surface area contributed by atoms with Crippen molar-refractivity contribution in [3.8, 4) is 12.3 Å². The maximum absolute atomic E-state index is 9.57. The fourth-order valence-corrected chi connectivity index (χ4v) is 1.39. The van der Waals surface area contributed by atoms with Crippen molar-refractivity contribution in [2.45, 2.75) is 58.2 Å². The molecule has 0 rings (SSSR count). The van der Waals surface area contributed by atoms with E-state index in [9.17, 15) is 5.11 Å². The van der Waals surface area contributed by atoms with E-state index in [-0.39, 0.29) is 5.60 Å². The molecule has 0 bridgehead atoms. The first-order chi connectivity index (χ1) is 6.33. The molecule has 0 aliphatic carbocycles. The fraction of sp³-hybridized carbons (Fsp3) is 0.833. The van der Waals surface area contributed by atoms with Gasteiger partial charge in [-0.2, -0.15) is 0 Å². The third kappa shape index (κ3) is 6.01. The largest absolute Gasteiger partial charge is 0.378 e. The van der Waals surface area contributed by atoms with Crippen LogP contribution in [0.15, 0.2) is 0 Å². The van der Waals surface area contributed by atoms with Crippen LogP contribution in [0.4, 0.5) is 0 Å². The summed E-state index contributed by atoms with van der Waals surface area (Å²) >= 11 is 0. The molecule has 0 aliphatic rings. The van der Waals surface area contributed by atoms with Gasteiger partial charge in [0.1, 0.15) is 5.60 Å². The first-order valence-electron chi connectivity index (χ1n) is 5.17. The fourth-order valence-electron chi connectivity index (χ4n) is 1.39. The summed E-state index contributed by atoms with van der Waals surface area (Å²) in [6.07, 6.45) is 7.60. The summed E-state index contributed by atoms with van der Waals surface area (Å²) in [4.78, 5) is 0. The van der Waals surface area contributed by atoms with E-state index < -0.39 is 5.60 Å². The van der Waals surface area contributed by atoms with E-state index in [0.717, 1.165) is 19.4 Å². The van der Waals surface area contributed by atoms with E-state index in [0.29, 0.717) is 6.42 Å². The van der Waals surface area contributed by atoms with Crippen LogP contribution >= 0.6 is 0 Å². The second-order valence-corrected chi connectivity index (χ2v) is 4.46. The SMILES string of the molecule is C#C[C@@](C)(O)CCCC(C)(C)OCC. The number of ether oxygens (including phenoxy) is 1. The lowest BCUT2D eigenvalue weighted by Gasteiger charge is -2.26. The van der Waals surface area contributed by atoms with Crippen LogP contribution in [0.5, 0.6) is 0 Å². The molecule has 0 fully saturated rings. The van der Waals surface area contributed by atoms with Gasteiger partial charge in [0, 0.05) is 6.61 Å². The number of terminal acetylenes is 1. The van der Waals surface area contributed by atoms with Gasteiger partial charge in [0.25, 0.3) is 0 Å². The standard InChI is InChI=1S/C12H22O2/c1-6-12(5,13)10-8-9-11(3,4)14-7-2/h1,13H,7-10H2,2-5H3/t12-/m1/s1. The van der Waals surface area contributed by atoms with Gasteiger partial charge in [0.2, 0.25) is 0 Å². The van der Waals surface area contributed by atoms with Crippen LogP contribution < -0.4 is 0 Å². The molecule has 0 unspecified atom stereocenters. The molecule has 2 nitrogen and oxygen atoms in total. The maximum Gasteiger partial charge on any atom is 0.122 e. The Labute approximate surface area is 87.7 Å². The van der Waals surface area contributed by atoms with Gasteiger partial charge in [-0.25, -0.2) is 0 Å². The van der Waals surface area contributed by atoms with E-state index in [1.165, 1.54) is 0 Å². The molecule has 0 aromatic carbocycles. The molecule has 0 aromatic heterocycles. The van der Waals surface area contributed by atoms with Crippen molar-refractivity contribution in [2.75, 3.05) is 6.61 Å². The van der Waals surface area contributed by atoms with Gasteiger partial charge in [0.05, 0.1) is 5.60 Å². The van der Waals surface area contributed by atoms with Crippen molar-refractivity contribution in [2.24, 2.45) is 0 Å². The van der Waals surface area contributed by atoms with Crippen molar-refractivity contribution >= 4 is 0 Å². The first kappa shape index (κ1) is 13.5. The summed E-state index contributed by atoms with van der Waals surface area (Å²) in [5.74, 6) is 2.37. The highest BCUT2D eigenvalue weighted by molar-refractivity contribution is 5.04. The monoisotopic (exact) mass is 198 g/mol. The summed E-state index contributed by atoms with van der Waals surface area (Å²) in [5.41, 5.74) is -1.08. The molecule has 82 valence electrons. The Hall–Kier alpha value is -0.520. The number of hydrogen-bond donors (Lipinski definition) is 1. The lowest BCUT2D eigenvalue weighted by Crippen LogP contribution is -2.27. The topological polar surface area (TPSA) is 29.5 Å². The van der Waals surface area contributed by atoms with Crippen LogP contribution in [0, 0.1) is 12.3 Å². The van der Waals surface area contributed by atoms with Crippen molar-refractivity contribution < 1.29 is 9.84 Å². The van der Waals surface area contributed by atoms with Gasteiger partial charge in [-0.3, -0.25) is 0 Å². The average Bonchev–Trinajstić information content (AvgIpc) is 2.03. The van der Waals surface area contributed by atoms with E-state index in [4.69, 9.17) is 11.2 Å². The van der Waals surface area contributed by atoms with Crippen molar-refractivity contribution in [1.82, 2.24) is 0 Å². The van der Waals surface area contributed by atoms with Crippen molar-refractivity contribution in [3.63, 3.8) is 0 Å². The minimum atomic E-state index is -0.970. The van der Waals surface area contributed by atoms with Gasteiger partial charge >= 0.3 is 0 Å². The Morgan fingerprint density at radius 1 is 1.29 bits per heavy atom. The highest BCUT2D eigenvalue weighted by atomic mass is 16.5. The highest BCUT2D eigenvalue weighted by Gasteiger charge is 2.21. The quantitative estimate of drug-likeness (QED) is 0.664. The molecule has 0 saturated heterocycles. The average molecular weight is 198 g/mol. The van der Waals surface area contributed by atoms with E-state index in [2.05, 4.69) is 19.8 Å². The van der Waals surface area contributed by atoms with Gasteiger partial charge in [-0.15, -0.1) is 6.42 Å². The zero-order chi connectivity index (χ0) is 11.2. The summed E-state index contributed by atoms with van der Waals surface area (Å²) in [6.45, 7) is 8.49. The van der Waals surface area contributed by atoms with Gasteiger partial charge in [0.15, 0.2) is 0 Å². The lowest BCUT2D eigenvalue weighted by atomic mass is 9.94. The van der Waals surface area contributed by atoms with Crippen LogP contribution in [0.1, 0.15) is 47.0 Å². The molecule has 0 aliphatic heterocycles. The Morgan fingerprint density at radius 2 is 1.86 bits per heavy atom. The van der Waals surface area contributed by atoms with Crippen molar-refractivity contribution in [1.29, 1.82) is 0 Å². The molecule has 2 heteroatoms. The van der Waals surface area contributed by atoms with Crippen LogP contribution in [0.3, 0.4) is 0 Å². The zero-order valence-corrected chi connectivity index (χ0v) is 9.76. The summed E-state index contributed by atoms with van der Waals surface area (Å²) in [7, 11) is 0. The van der Waals surface area contributed by atoms with E-state index >= 15 is 0 Å². The highest BCUT2D eigenvalue weighted by Crippen LogP contribution is 2.21.